The van der Waals surface area contributed by atoms with Crippen molar-refractivity contribution >= 4 is 28.9 Å². The van der Waals surface area contributed by atoms with Gasteiger partial charge in [-0.15, -0.1) is 0 Å². The first-order chi connectivity index (χ1) is 14.4. The van der Waals surface area contributed by atoms with E-state index in [9.17, 15) is 0 Å². The third-order valence-electron chi connectivity index (χ3n) is 5.27. The third kappa shape index (κ3) is 3.85. The number of anilines is 1. The first-order valence-electron chi connectivity index (χ1n) is 10.1. The van der Waals surface area contributed by atoms with Crippen molar-refractivity contribution in [2.75, 3.05) is 18.0 Å². The summed E-state index contributed by atoms with van der Waals surface area (Å²) in [7, 11) is 0. The molecule has 5 nitrogen and oxygen atoms in total. The minimum absolute atomic E-state index is 0.767. The molecule has 1 aliphatic rings. The lowest BCUT2D eigenvalue weighted by Gasteiger charge is -2.18. The summed E-state index contributed by atoms with van der Waals surface area (Å²) < 4.78 is 2.25. The number of thioether (sulfide) groups is 1. The first-order valence-corrected chi connectivity index (χ1v) is 11.0. The molecule has 0 spiro atoms. The fourth-order valence-corrected chi connectivity index (χ4v) is 4.70. The maximum Gasteiger partial charge on any atom is 0.208 e. The fourth-order valence-electron chi connectivity index (χ4n) is 3.81. The summed E-state index contributed by atoms with van der Waals surface area (Å²) in [5.41, 5.74) is 4.37. The van der Waals surface area contributed by atoms with Gasteiger partial charge in [0.15, 0.2) is 5.65 Å². The molecule has 0 N–H and O–H groups in total. The largest absolute Gasteiger partial charge is 0.342 e. The van der Waals surface area contributed by atoms with Crippen LogP contribution in [0.25, 0.3) is 11.2 Å². The van der Waals surface area contributed by atoms with Gasteiger partial charge >= 0.3 is 0 Å². The third-order valence-corrected chi connectivity index (χ3v) is 6.32. The summed E-state index contributed by atoms with van der Waals surface area (Å²) in [6.07, 6.45) is 4.11. The molecule has 3 heterocycles. The van der Waals surface area contributed by atoms with Gasteiger partial charge in [-0.05, 0) is 24.0 Å². The van der Waals surface area contributed by atoms with Crippen LogP contribution < -0.4 is 4.90 Å². The van der Waals surface area contributed by atoms with Gasteiger partial charge in [-0.1, -0.05) is 72.4 Å². The predicted octanol–water partition coefficient (Wildman–Crippen LogP) is 4.77. The monoisotopic (exact) mass is 401 g/mol. The molecule has 0 bridgehead atoms. The lowest BCUT2D eigenvalue weighted by atomic mass is 10.2. The van der Waals surface area contributed by atoms with E-state index in [1.807, 2.05) is 6.07 Å². The Kier molecular flexibility index (Phi) is 5.17. The summed E-state index contributed by atoms with van der Waals surface area (Å²) in [5, 5.41) is 0.950. The Bertz CT molecular complexity index is 1090. The van der Waals surface area contributed by atoms with Gasteiger partial charge in [-0.3, -0.25) is 4.57 Å². The standard InChI is InChI=1S/C23H23N5S/c1-3-9-18(10-4-1)15-28-21-20(26-23(28)27-13-7-8-14-27)22(25-17-24-21)29-16-19-11-5-2-6-12-19/h1-6,9-12,17H,7-8,13-16H2. The van der Waals surface area contributed by atoms with Crippen LogP contribution in [0.3, 0.4) is 0 Å². The van der Waals surface area contributed by atoms with Crippen LogP contribution in [0, 0.1) is 0 Å². The molecule has 2 aromatic heterocycles. The average Bonchev–Trinajstić information content (AvgIpc) is 3.42. The molecular formula is C23H23N5S. The Labute approximate surface area is 174 Å². The Hall–Kier alpha value is -2.86. The Balaban J connectivity index is 1.53. The van der Waals surface area contributed by atoms with Crippen molar-refractivity contribution in [3.8, 4) is 0 Å². The molecule has 146 valence electrons. The van der Waals surface area contributed by atoms with Crippen LogP contribution in [0.4, 0.5) is 5.95 Å². The minimum atomic E-state index is 0.767. The number of rotatable bonds is 6. The molecule has 0 atom stereocenters. The summed E-state index contributed by atoms with van der Waals surface area (Å²) in [6, 6.07) is 21.0. The summed E-state index contributed by atoms with van der Waals surface area (Å²) in [6.45, 7) is 2.87. The van der Waals surface area contributed by atoms with E-state index in [2.05, 4.69) is 74.0 Å². The fraction of sp³-hybridized carbons (Fsp3) is 0.261. The van der Waals surface area contributed by atoms with Gasteiger partial charge in [0, 0.05) is 18.8 Å². The highest BCUT2D eigenvalue weighted by atomic mass is 32.2. The highest BCUT2D eigenvalue weighted by Gasteiger charge is 2.23. The van der Waals surface area contributed by atoms with Crippen LogP contribution in [0.1, 0.15) is 24.0 Å². The molecule has 4 aromatic rings. The number of nitrogens with zero attached hydrogens (tertiary/aromatic N) is 5. The van der Waals surface area contributed by atoms with E-state index in [-0.39, 0.29) is 0 Å². The zero-order chi connectivity index (χ0) is 19.5. The van der Waals surface area contributed by atoms with Gasteiger partial charge in [0.05, 0.1) is 6.54 Å². The summed E-state index contributed by atoms with van der Waals surface area (Å²) in [5.74, 6) is 1.89. The van der Waals surface area contributed by atoms with Gasteiger partial charge in [0.25, 0.3) is 0 Å². The molecule has 0 unspecified atom stereocenters. The van der Waals surface area contributed by atoms with E-state index in [0.717, 1.165) is 47.5 Å². The van der Waals surface area contributed by atoms with Crippen molar-refractivity contribution in [1.82, 2.24) is 19.5 Å². The lowest BCUT2D eigenvalue weighted by Crippen LogP contribution is -2.22. The highest BCUT2D eigenvalue weighted by Crippen LogP contribution is 2.31. The maximum atomic E-state index is 5.05. The molecule has 0 radical (unpaired) electrons. The molecule has 0 aliphatic carbocycles. The van der Waals surface area contributed by atoms with E-state index in [1.165, 1.54) is 24.0 Å². The normalized spacial score (nSPS) is 14.0. The first kappa shape index (κ1) is 18.2. The van der Waals surface area contributed by atoms with Crippen LogP contribution >= 0.6 is 11.8 Å². The molecular weight excluding hydrogens is 378 g/mol. The Morgan fingerprint density at radius 2 is 1.52 bits per heavy atom. The van der Waals surface area contributed by atoms with Crippen molar-refractivity contribution in [2.24, 2.45) is 0 Å². The number of hydrogen-bond acceptors (Lipinski definition) is 5. The molecule has 5 rings (SSSR count). The zero-order valence-corrected chi connectivity index (χ0v) is 17.1. The van der Waals surface area contributed by atoms with Crippen LogP contribution in [0.5, 0.6) is 0 Å². The van der Waals surface area contributed by atoms with Crippen molar-refractivity contribution in [1.29, 1.82) is 0 Å². The molecule has 29 heavy (non-hydrogen) atoms. The second-order valence-corrected chi connectivity index (χ2v) is 8.27. The van der Waals surface area contributed by atoms with Crippen LogP contribution in [0.2, 0.25) is 0 Å². The van der Waals surface area contributed by atoms with Crippen molar-refractivity contribution in [3.63, 3.8) is 0 Å². The number of aromatic nitrogens is 4. The van der Waals surface area contributed by atoms with Crippen LogP contribution in [-0.4, -0.2) is 32.6 Å². The van der Waals surface area contributed by atoms with Crippen LogP contribution in [0.15, 0.2) is 72.0 Å². The smallest absolute Gasteiger partial charge is 0.208 e. The van der Waals surface area contributed by atoms with E-state index >= 15 is 0 Å². The van der Waals surface area contributed by atoms with Crippen LogP contribution in [-0.2, 0) is 12.3 Å². The van der Waals surface area contributed by atoms with Crippen molar-refractivity contribution < 1.29 is 0 Å². The summed E-state index contributed by atoms with van der Waals surface area (Å²) in [4.78, 5) is 16.6. The average molecular weight is 402 g/mol. The van der Waals surface area contributed by atoms with Gasteiger partial charge in [0.2, 0.25) is 5.95 Å². The van der Waals surface area contributed by atoms with E-state index in [4.69, 9.17) is 4.98 Å². The zero-order valence-electron chi connectivity index (χ0n) is 16.2. The second-order valence-electron chi connectivity index (χ2n) is 7.30. The van der Waals surface area contributed by atoms with E-state index in [0.29, 0.717) is 0 Å². The molecule has 1 aliphatic heterocycles. The molecule has 2 aromatic carbocycles. The van der Waals surface area contributed by atoms with E-state index in [1.54, 1.807) is 18.1 Å². The predicted molar refractivity (Wildman–Crippen MR) is 118 cm³/mol. The number of hydrogen-bond donors (Lipinski definition) is 0. The SMILES string of the molecule is c1ccc(CSc2ncnc3c2nc(N2CCCC2)n3Cc2ccccc2)cc1. The lowest BCUT2D eigenvalue weighted by molar-refractivity contribution is 0.768. The maximum absolute atomic E-state index is 5.05. The molecule has 1 saturated heterocycles. The van der Waals surface area contributed by atoms with Crippen molar-refractivity contribution in [2.45, 2.75) is 30.2 Å². The number of imidazole rings is 1. The summed E-state index contributed by atoms with van der Waals surface area (Å²) >= 11 is 1.73. The number of fused-ring (bicyclic) bond motifs is 1. The highest BCUT2D eigenvalue weighted by molar-refractivity contribution is 7.98. The van der Waals surface area contributed by atoms with Crippen molar-refractivity contribution in [3.05, 3.63) is 78.1 Å². The molecule has 0 saturated carbocycles. The molecule has 0 amide bonds. The molecule has 6 heteroatoms. The second kappa shape index (κ2) is 8.25. The molecule has 1 fully saturated rings. The van der Waals surface area contributed by atoms with Gasteiger partial charge < -0.3 is 4.90 Å². The Morgan fingerprint density at radius 3 is 2.24 bits per heavy atom. The minimum Gasteiger partial charge on any atom is -0.342 e. The number of benzene rings is 2. The van der Waals surface area contributed by atoms with Gasteiger partial charge in [0.1, 0.15) is 16.9 Å². The quantitative estimate of drug-likeness (QED) is 0.344. The van der Waals surface area contributed by atoms with Gasteiger partial charge in [-0.25, -0.2) is 15.0 Å². The van der Waals surface area contributed by atoms with Gasteiger partial charge in [-0.2, -0.15) is 0 Å². The van der Waals surface area contributed by atoms with E-state index < -0.39 is 0 Å². The Morgan fingerprint density at radius 1 is 0.828 bits per heavy atom. The topological polar surface area (TPSA) is 46.8 Å².